The molecule has 0 unspecified atom stereocenters. The van der Waals surface area contributed by atoms with Gasteiger partial charge in [0.25, 0.3) is 11.8 Å². The molecule has 0 saturated carbocycles. The lowest BCUT2D eigenvalue weighted by molar-refractivity contribution is 0.0934. The fourth-order valence-corrected chi connectivity index (χ4v) is 2.46. The Hall–Kier alpha value is -3.15. The Morgan fingerprint density at radius 2 is 1.93 bits per heavy atom. The number of rotatable bonds is 7. The molecule has 140 valence electrons. The molecule has 0 saturated heterocycles. The van der Waals surface area contributed by atoms with Crippen molar-refractivity contribution in [3.63, 3.8) is 0 Å². The van der Waals surface area contributed by atoms with Gasteiger partial charge in [0.2, 0.25) is 5.82 Å². The third kappa shape index (κ3) is 4.73. The van der Waals surface area contributed by atoms with Crippen molar-refractivity contribution in [2.24, 2.45) is 0 Å². The first-order valence-electron chi connectivity index (χ1n) is 8.99. The van der Waals surface area contributed by atoms with Crippen LogP contribution in [0.5, 0.6) is 5.75 Å². The predicted octanol–water partition coefficient (Wildman–Crippen LogP) is 4.15. The van der Waals surface area contributed by atoms with Gasteiger partial charge in [-0.05, 0) is 32.4 Å². The number of aryl methyl sites for hydroxylation is 1. The van der Waals surface area contributed by atoms with Gasteiger partial charge in [-0.2, -0.15) is 4.98 Å². The molecule has 0 spiro atoms. The van der Waals surface area contributed by atoms with Crippen LogP contribution in [0, 0.1) is 6.92 Å². The Balaban J connectivity index is 1.69. The van der Waals surface area contributed by atoms with Gasteiger partial charge in [-0.1, -0.05) is 54.0 Å². The van der Waals surface area contributed by atoms with E-state index in [-0.39, 0.29) is 18.6 Å². The zero-order chi connectivity index (χ0) is 19.2. The monoisotopic (exact) mass is 365 g/mol. The Kier molecular flexibility index (Phi) is 5.86. The molecule has 0 bridgehead atoms. The number of amides is 1. The summed E-state index contributed by atoms with van der Waals surface area (Å²) in [6.45, 7) is 6.10. The number of aromatic nitrogens is 2. The third-order valence-electron chi connectivity index (χ3n) is 4.25. The highest BCUT2D eigenvalue weighted by Gasteiger charge is 2.15. The molecular formula is C21H23N3O3. The molecule has 0 radical (unpaired) electrons. The van der Waals surface area contributed by atoms with E-state index < -0.39 is 0 Å². The lowest BCUT2D eigenvalue weighted by Crippen LogP contribution is -2.32. The van der Waals surface area contributed by atoms with Crippen LogP contribution in [-0.4, -0.2) is 22.1 Å². The van der Waals surface area contributed by atoms with Gasteiger partial charge in [-0.15, -0.1) is 0 Å². The van der Waals surface area contributed by atoms with Crippen LogP contribution in [0.25, 0.3) is 11.4 Å². The summed E-state index contributed by atoms with van der Waals surface area (Å²) in [5.74, 6) is 1.18. The molecule has 0 fully saturated rings. The van der Waals surface area contributed by atoms with Crippen molar-refractivity contribution in [3.8, 4) is 17.1 Å². The number of carbonyl (C=O) groups excluding carboxylic acids is 1. The molecular weight excluding hydrogens is 342 g/mol. The van der Waals surface area contributed by atoms with Crippen molar-refractivity contribution < 1.29 is 14.1 Å². The zero-order valence-electron chi connectivity index (χ0n) is 15.7. The Morgan fingerprint density at radius 1 is 1.19 bits per heavy atom. The molecule has 1 atom stereocenters. The summed E-state index contributed by atoms with van der Waals surface area (Å²) in [6.07, 6.45) is 0.860. The van der Waals surface area contributed by atoms with E-state index in [1.807, 2.05) is 51.1 Å². The van der Waals surface area contributed by atoms with Gasteiger partial charge in [-0.25, -0.2) is 0 Å². The Morgan fingerprint density at radius 3 is 2.67 bits per heavy atom. The van der Waals surface area contributed by atoms with Gasteiger partial charge in [0, 0.05) is 11.6 Å². The number of nitrogens with one attached hydrogen (secondary N) is 1. The van der Waals surface area contributed by atoms with Crippen molar-refractivity contribution in [1.82, 2.24) is 15.5 Å². The lowest BCUT2D eigenvalue weighted by Gasteiger charge is -2.14. The van der Waals surface area contributed by atoms with Crippen LogP contribution in [0.1, 0.15) is 42.1 Å². The molecule has 2 aromatic carbocycles. The SMILES string of the molecule is CC[C@H](C)NC(=O)c1ccccc1OCc1nc(-c2ccc(C)cc2)no1. The predicted molar refractivity (Wildman–Crippen MR) is 102 cm³/mol. The van der Waals surface area contributed by atoms with E-state index in [9.17, 15) is 4.79 Å². The summed E-state index contributed by atoms with van der Waals surface area (Å²) in [7, 11) is 0. The van der Waals surface area contributed by atoms with Crippen molar-refractivity contribution in [1.29, 1.82) is 0 Å². The maximum Gasteiger partial charge on any atom is 0.264 e. The van der Waals surface area contributed by atoms with Crippen LogP contribution in [0.4, 0.5) is 0 Å². The number of ether oxygens (including phenoxy) is 1. The second-order valence-corrected chi connectivity index (χ2v) is 6.45. The van der Waals surface area contributed by atoms with E-state index in [2.05, 4.69) is 15.5 Å². The van der Waals surface area contributed by atoms with Crippen LogP contribution >= 0.6 is 0 Å². The summed E-state index contributed by atoms with van der Waals surface area (Å²) in [5, 5.41) is 6.94. The minimum Gasteiger partial charge on any atom is -0.483 e. The van der Waals surface area contributed by atoms with Crippen LogP contribution in [0.15, 0.2) is 53.1 Å². The second kappa shape index (κ2) is 8.49. The first-order chi connectivity index (χ1) is 13.1. The lowest BCUT2D eigenvalue weighted by atomic mass is 10.1. The molecule has 3 rings (SSSR count). The van der Waals surface area contributed by atoms with E-state index in [1.54, 1.807) is 18.2 Å². The molecule has 0 aliphatic carbocycles. The third-order valence-corrected chi connectivity index (χ3v) is 4.25. The zero-order valence-corrected chi connectivity index (χ0v) is 15.7. The minimum absolute atomic E-state index is 0.0898. The number of nitrogens with zero attached hydrogens (tertiary/aromatic N) is 2. The molecule has 27 heavy (non-hydrogen) atoms. The molecule has 0 aliphatic heterocycles. The number of carbonyl (C=O) groups is 1. The second-order valence-electron chi connectivity index (χ2n) is 6.45. The Labute approximate surface area is 158 Å². The van der Waals surface area contributed by atoms with Crippen molar-refractivity contribution in [2.45, 2.75) is 39.8 Å². The maximum absolute atomic E-state index is 12.4. The van der Waals surface area contributed by atoms with Gasteiger partial charge in [0.15, 0.2) is 6.61 Å². The van der Waals surface area contributed by atoms with E-state index in [1.165, 1.54) is 0 Å². The molecule has 1 heterocycles. The highest BCUT2D eigenvalue weighted by molar-refractivity contribution is 5.97. The molecule has 0 aliphatic rings. The highest BCUT2D eigenvalue weighted by atomic mass is 16.5. The van der Waals surface area contributed by atoms with E-state index in [4.69, 9.17) is 9.26 Å². The minimum atomic E-state index is -0.161. The van der Waals surface area contributed by atoms with Crippen LogP contribution < -0.4 is 10.1 Å². The summed E-state index contributed by atoms with van der Waals surface area (Å²) in [5.41, 5.74) is 2.53. The first kappa shape index (κ1) is 18.6. The standard InChI is InChI=1S/C21H23N3O3/c1-4-15(3)22-21(25)17-7-5-6-8-18(17)26-13-19-23-20(24-27-19)16-11-9-14(2)10-12-16/h5-12,15H,4,13H2,1-3H3,(H,22,25)/t15-/m0/s1. The van der Waals surface area contributed by atoms with E-state index >= 15 is 0 Å². The number of hydrogen-bond donors (Lipinski definition) is 1. The number of benzene rings is 2. The molecule has 1 amide bonds. The van der Waals surface area contributed by atoms with Crippen molar-refractivity contribution in [2.75, 3.05) is 0 Å². The number of hydrogen-bond acceptors (Lipinski definition) is 5. The molecule has 6 nitrogen and oxygen atoms in total. The molecule has 1 N–H and O–H groups in total. The Bertz CT molecular complexity index is 903. The fourth-order valence-electron chi connectivity index (χ4n) is 2.46. The van der Waals surface area contributed by atoms with Crippen molar-refractivity contribution >= 4 is 5.91 Å². The summed E-state index contributed by atoms with van der Waals surface area (Å²) >= 11 is 0. The average molecular weight is 365 g/mol. The van der Waals surface area contributed by atoms with E-state index in [0.717, 1.165) is 17.5 Å². The fraction of sp³-hybridized carbons (Fsp3) is 0.286. The van der Waals surface area contributed by atoms with Gasteiger partial charge in [0.1, 0.15) is 5.75 Å². The molecule has 6 heteroatoms. The van der Waals surface area contributed by atoms with E-state index in [0.29, 0.717) is 23.0 Å². The van der Waals surface area contributed by atoms with Gasteiger partial charge >= 0.3 is 0 Å². The summed E-state index contributed by atoms with van der Waals surface area (Å²) in [6, 6.07) is 15.1. The van der Waals surface area contributed by atoms with Crippen LogP contribution in [-0.2, 0) is 6.61 Å². The highest BCUT2D eigenvalue weighted by Crippen LogP contribution is 2.21. The number of para-hydroxylation sites is 1. The smallest absolute Gasteiger partial charge is 0.264 e. The largest absolute Gasteiger partial charge is 0.483 e. The van der Waals surface area contributed by atoms with Gasteiger partial charge in [0.05, 0.1) is 5.56 Å². The van der Waals surface area contributed by atoms with Crippen LogP contribution in [0.3, 0.4) is 0 Å². The van der Waals surface area contributed by atoms with Crippen molar-refractivity contribution in [3.05, 3.63) is 65.5 Å². The summed E-state index contributed by atoms with van der Waals surface area (Å²) < 4.78 is 11.0. The average Bonchev–Trinajstić information content (AvgIpc) is 3.16. The first-order valence-corrected chi connectivity index (χ1v) is 8.99. The van der Waals surface area contributed by atoms with Gasteiger partial charge < -0.3 is 14.6 Å². The van der Waals surface area contributed by atoms with Crippen LogP contribution in [0.2, 0.25) is 0 Å². The quantitative estimate of drug-likeness (QED) is 0.680. The topological polar surface area (TPSA) is 77.2 Å². The molecule has 1 aromatic heterocycles. The maximum atomic E-state index is 12.4. The van der Waals surface area contributed by atoms with Gasteiger partial charge in [-0.3, -0.25) is 4.79 Å². The summed E-state index contributed by atoms with van der Waals surface area (Å²) in [4.78, 5) is 16.8. The normalized spacial score (nSPS) is 11.8. The molecule has 3 aromatic rings.